The lowest BCUT2D eigenvalue weighted by Gasteiger charge is -2.07. The molecule has 92 valence electrons. The summed E-state index contributed by atoms with van der Waals surface area (Å²) in [6.07, 6.45) is 3.36. The lowest BCUT2D eigenvalue weighted by Crippen LogP contribution is -2.00. The molecular weight excluding hydrogens is 254 g/mol. The van der Waals surface area contributed by atoms with E-state index in [0.717, 1.165) is 5.56 Å². The van der Waals surface area contributed by atoms with Crippen LogP contribution in [0.15, 0.2) is 42.7 Å². The standard InChI is InChI=1S/C13H10ClNO3/c14-12-4-3-10(6-11(12)13(16)17)18-8-9-2-1-5-15-7-9/h1-7H,8H2,(H,16,17). The molecule has 0 spiro atoms. The minimum Gasteiger partial charge on any atom is -0.489 e. The summed E-state index contributed by atoms with van der Waals surface area (Å²) in [5.74, 6) is -0.618. The molecule has 0 fully saturated rings. The van der Waals surface area contributed by atoms with Gasteiger partial charge in [0.15, 0.2) is 0 Å². The minimum atomic E-state index is -1.08. The van der Waals surface area contributed by atoms with E-state index in [1.54, 1.807) is 18.5 Å². The van der Waals surface area contributed by atoms with Crippen LogP contribution in [0, 0.1) is 0 Å². The second-order valence-corrected chi connectivity index (χ2v) is 4.00. The second-order valence-electron chi connectivity index (χ2n) is 3.60. The fourth-order valence-corrected chi connectivity index (χ4v) is 1.61. The van der Waals surface area contributed by atoms with Gasteiger partial charge < -0.3 is 9.84 Å². The van der Waals surface area contributed by atoms with Crippen molar-refractivity contribution in [2.45, 2.75) is 6.61 Å². The highest BCUT2D eigenvalue weighted by Gasteiger charge is 2.09. The summed E-state index contributed by atoms with van der Waals surface area (Å²) in [4.78, 5) is 14.9. The number of rotatable bonds is 4. The van der Waals surface area contributed by atoms with Crippen LogP contribution in [0.25, 0.3) is 0 Å². The summed E-state index contributed by atoms with van der Waals surface area (Å²) >= 11 is 5.76. The Morgan fingerprint density at radius 3 is 2.89 bits per heavy atom. The first-order valence-corrected chi connectivity index (χ1v) is 5.59. The molecule has 0 unspecified atom stereocenters. The third-order valence-corrected chi connectivity index (χ3v) is 2.63. The van der Waals surface area contributed by atoms with Gasteiger partial charge in [-0.15, -0.1) is 0 Å². The number of pyridine rings is 1. The summed E-state index contributed by atoms with van der Waals surface area (Å²) < 4.78 is 5.48. The van der Waals surface area contributed by atoms with Gasteiger partial charge in [0, 0.05) is 18.0 Å². The van der Waals surface area contributed by atoms with Gasteiger partial charge in [-0.1, -0.05) is 17.7 Å². The van der Waals surface area contributed by atoms with Gasteiger partial charge in [-0.25, -0.2) is 4.79 Å². The Morgan fingerprint density at radius 2 is 2.22 bits per heavy atom. The maximum atomic E-state index is 10.9. The van der Waals surface area contributed by atoms with E-state index >= 15 is 0 Å². The van der Waals surface area contributed by atoms with E-state index in [9.17, 15) is 4.79 Å². The molecule has 0 bridgehead atoms. The molecule has 5 heteroatoms. The number of ether oxygens (including phenoxy) is 1. The van der Waals surface area contributed by atoms with E-state index in [0.29, 0.717) is 12.4 Å². The summed E-state index contributed by atoms with van der Waals surface area (Å²) in [6.45, 7) is 0.328. The number of nitrogens with zero attached hydrogens (tertiary/aromatic N) is 1. The van der Waals surface area contributed by atoms with Gasteiger partial charge >= 0.3 is 5.97 Å². The van der Waals surface area contributed by atoms with Crippen molar-refractivity contribution in [1.29, 1.82) is 0 Å². The van der Waals surface area contributed by atoms with Gasteiger partial charge in [0.1, 0.15) is 12.4 Å². The third-order valence-electron chi connectivity index (χ3n) is 2.30. The Labute approximate surface area is 109 Å². The highest BCUT2D eigenvalue weighted by Crippen LogP contribution is 2.22. The minimum absolute atomic E-state index is 0.0281. The highest BCUT2D eigenvalue weighted by molar-refractivity contribution is 6.33. The van der Waals surface area contributed by atoms with Gasteiger partial charge in [0.2, 0.25) is 0 Å². The molecule has 0 atom stereocenters. The predicted octanol–water partition coefficient (Wildman–Crippen LogP) is 3.01. The fourth-order valence-electron chi connectivity index (χ4n) is 1.41. The molecular formula is C13H10ClNO3. The van der Waals surface area contributed by atoms with Crippen molar-refractivity contribution in [2.24, 2.45) is 0 Å². The molecule has 1 aromatic carbocycles. The number of aromatic carboxylic acids is 1. The molecule has 0 amide bonds. The normalized spacial score (nSPS) is 10.1. The van der Waals surface area contributed by atoms with Crippen LogP contribution >= 0.6 is 11.6 Å². The van der Waals surface area contributed by atoms with Gasteiger partial charge in [0.05, 0.1) is 10.6 Å². The van der Waals surface area contributed by atoms with E-state index in [1.807, 2.05) is 12.1 Å². The summed E-state index contributed by atoms with van der Waals surface area (Å²) in [7, 11) is 0. The number of carboxylic acids is 1. The average molecular weight is 264 g/mol. The maximum Gasteiger partial charge on any atom is 0.337 e. The monoisotopic (exact) mass is 263 g/mol. The SMILES string of the molecule is O=C(O)c1cc(OCc2cccnc2)ccc1Cl. The number of hydrogen-bond acceptors (Lipinski definition) is 3. The molecule has 0 aliphatic heterocycles. The smallest absolute Gasteiger partial charge is 0.337 e. The Kier molecular flexibility index (Phi) is 3.79. The average Bonchev–Trinajstić information content (AvgIpc) is 2.38. The van der Waals surface area contributed by atoms with Gasteiger partial charge in [0.25, 0.3) is 0 Å². The van der Waals surface area contributed by atoms with Crippen molar-refractivity contribution in [2.75, 3.05) is 0 Å². The zero-order valence-electron chi connectivity index (χ0n) is 9.34. The van der Waals surface area contributed by atoms with Gasteiger partial charge in [-0.05, 0) is 24.3 Å². The van der Waals surface area contributed by atoms with Crippen molar-refractivity contribution in [3.63, 3.8) is 0 Å². The fraction of sp³-hybridized carbons (Fsp3) is 0.0769. The molecule has 1 aromatic heterocycles. The Bertz CT molecular complexity index is 557. The first-order valence-electron chi connectivity index (χ1n) is 5.21. The van der Waals surface area contributed by atoms with Crippen LogP contribution in [-0.4, -0.2) is 16.1 Å². The first kappa shape index (κ1) is 12.4. The van der Waals surface area contributed by atoms with Crippen LogP contribution in [0.1, 0.15) is 15.9 Å². The van der Waals surface area contributed by atoms with Crippen LogP contribution in [0.4, 0.5) is 0 Å². The van der Waals surface area contributed by atoms with E-state index in [-0.39, 0.29) is 10.6 Å². The molecule has 2 rings (SSSR count). The van der Waals surface area contributed by atoms with Crippen LogP contribution in [0.3, 0.4) is 0 Å². The number of carbonyl (C=O) groups is 1. The van der Waals surface area contributed by atoms with Crippen LogP contribution < -0.4 is 4.74 Å². The number of halogens is 1. The Morgan fingerprint density at radius 1 is 1.39 bits per heavy atom. The molecule has 4 nitrogen and oxygen atoms in total. The third kappa shape index (κ3) is 2.99. The van der Waals surface area contributed by atoms with Crippen molar-refractivity contribution in [1.82, 2.24) is 4.98 Å². The molecule has 18 heavy (non-hydrogen) atoms. The van der Waals surface area contributed by atoms with Crippen molar-refractivity contribution in [3.8, 4) is 5.75 Å². The number of carboxylic acid groups (broad SMARTS) is 1. The summed E-state index contributed by atoms with van der Waals surface area (Å²) in [6, 6.07) is 8.22. The van der Waals surface area contributed by atoms with E-state index in [4.69, 9.17) is 21.4 Å². The predicted molar refractivity (Wildman–Crippen MR) is 67.0 cm³/mol. The number of hydrogen-bond donors (Lipinski definition) is 1. The second kappa shape index (κ2) is 5.51. The van der Waals surface area contributed by atoms with Crippen molar-refractivity contribution >= 4 is 17.6 Å². The Balaban J connectivity index is 2.11. The summed E-state index contributed by atoms with van der Waals surface area (Å²) in [5, 5.41) is 9.12. The van der Waals surface area contributed by atoms with Crippen LogP contribution in [0.2, 0.25) is 5.02 Å². The first-order chi connectivity index (χ1) is 8.66. The summed E-state index contributed by atoms with van der Waals surface area (Å²) in [5.41, 5.74) is 0.935. The molecule has 0 saturated heterocycles. The lowest BCUT2D eigenvalue weighted by molar-refractivity contribution is 0.0696. The van der Waals surface area contributed by atoms with Gasteiger partial charge in [-0.3, -0.25) is 4.98 Å². The highest BCUT2D eigenvalue weighted by atomic mass is 35.5. The lowest BCUT2D eigenvalue weighted by atomic mass is 10.2. The molecule has 0 saturated carbocycles. The zero-order valence-corrected chi connectivity index (χ0v) is 10.1. The van der Waals surface area contributed by atoms with E-state index < -0.39 is 5.97 Å². The molecule has 1 heterocycles. The van der Waals surface area contributed by atoms with Crippen LogP contribution in [-0.2, 0) is 6.61 Å². The molecule has 2 aromatic rings. The molecule has 1 N–H and O–H groups in total. The van der Waals surface area contributed by atoms with Gasteiger partial charge in [-0.2, -0.15) is 0 Å². The quantitative estimate of drug-likeness (QED) is 0.921. The Hall–Kier alpha value is -2.07. The largest absolute Gasteiger partial charge is 0.489 e. The topological polar surface area (TPSA) is 59.4 Å². The maximum absolute atomic E-state index is 10.9. The molecule has 0 radical (unpaired) electrons. The molecule has 0 aliphatic carbocycles. The molecule has 0 aliphatic rings. The zero-order chi connectivity index (χ0) is 13.0. The number of aromatic nitrogens is 1. The number of benzene rings is 1. The van der Waals surface area contributed by atoms with Crippen molar-refractivity contribution in [3.05, 3.63) is 58.9 Å². The van der Waals surface area contributed by atoms with E-state index in [1.165, 1.54) is 12.1 Å². The van der Waals surface area contributed by atoms with E-state index in [2.05, 4.69) is 4.98 Å². The van der Waals surface area contributed by atoms with Crippen molar-refractivity contribution < 1.29 is 14.6 Å². The van der Waals surface area contributed by atoms with Crippen LogP contribution in [0.5, 0.6) is 5.75 Å².